The Balaban J connectivity index is 0.000000157. The van der Waals surface area contributed by atoms with Gasteiger partial charge in [-0.3, -0.25) is 0 Å². The highest BCUT2D eigenvalue weighted by Crippen LogP contribution is 2.46. The van der Waals surface area contributed by atoms with Crippen LogP contribution in [-0.4, -0.2) is 0 Å². The molecule has 0 aromatic heterocycles. The minimum atomic E-state index is 1.09. The molecule has 0 radical (unpaired) electrons. The number of hydrogen-bond acceptors (Lipinski definition) is 2. The molecule has 2 heteroatoms. The lowest BCUT2D eigenvalue weighted by atomic mass is 9.91. The molecule has 0 unspecified atom stereocenters. The molecule has 0 heterocycles. The molecule has 0 spiro atoms. The molecule has 528 valence electrons. The van der Waals surface area contributed by atoms with Gasteiger partial charge in [0.2, 0.25) is 0 Å². The van der Waals surface area contributed by atoms with E-state index in [0.29, 0.717) is 0 Å². The highest BCUT2D eigenvalue weighted by Gasteiger charge is 2.21. The van der Waals surface area contributed by atoms with E-state index < -0.39 is 0 Å². The molecule has 0 amide bonds. The molecule has 0 saturated carbocycles. The Kier molecular flexibility index (Phi) is 19.7. The molecule has 0 aliphatic heterocycles. The Morgan fingerprint density at radius 1 is 0.107 bits per heavy atom. The van der Waals surface area contributed by atoms with E-state index in [1.807, 2.05) is 0 Å². The van der Waals surface area contributed by atoms with Crippen molar-refractivity contribution in [1.29, 1.82) is 0 Å². The zero-order valence-corrected chi connectivity index (χ0v) is 61.9. The summed E-state index contributed by atoms with van der Waals surface area (Å²) in [6.07, 6.45) is 0. The quantitative estimate of drug-likeness (QED) is 0.0896. The van der Waals surface area contributed by atoms with Crippen LogP contribution in [0.15, 0.2) is 473 Å². The van der Waals surface area contributed by atoms with Gasteiger partial charge in [-0.1, -0.05) is 400 Å². The molecule has 0 fully saturated rings. The maximum atomic E-state index is 2.38. The fraction of sp³-hybridized carbons (Fsp3) is 0. The molecule has 112 heavy (non-hydrogen) atoms. The number of fused-ring (bicyclic) bond motifs is 2. The van der Waals surface area contributed by atoms with Crippen molar-refractivity contribution in [3.05, 3.63) is 473 Å². The molecule has 19 rings (SSSR count). The monoisotopic (exact) mass is 1430 g/mol. The van der Waals surface area contributed by atoms with Crippen LogP contribution in [0, 0.1) is 0 Å². The Bertz CT molecular complexity index is 6360. The van der Waals surface area contributed by atoms with Gasteiger partial charge in [0.05, 0.1) is 0 Å². The van der Waals surface area contributed by atoms with E-state index in [2.05, 4.69) is 483 Å². The molecule has 0 aliphatic carbocycles. The molecule has 0 bridgehead atoms. The zero-order chi connectivity index (χ0) is 74.8. The highest BCUT2D eigenvalue weighted by molar-refractivity contribution is 5.99. The number of anilines is 6. The van der Waals surface area contributed by atoms with Gasteiger partial charge < -0.3 is 9.80 Å². The van der Waals surface area contributed by atoms with Gasteiger partial charge in [0, 0.05) is 34.1 Å². The summed E-state index contributed by atoms with van der Waals surface area (Å²) in [4.78, 5) is 4.75. The predicted molar refractivity (Wildman–Crippen MR) is 477 cm³/mol. The SMILES string of the molecule is c1ccc(-c2ccc(-c3cc(N(c4ccc(-c5ccccc5)cc4)c4ccc(-c5cccc6ccccc56)cc4)ccc3-c3ccccc3)cc2)cc1.c1ccc(-c2ccc(-c3ccc(N(c4ccc(-c5ccccc5)cc4)c4ccc(-c5cccc6ccccc56)cc4)cc3-c3ccc(-c4ccccc4)cc3)cc2)cc1. The first-order valence-corrected chi connectivity index (χ1v) is 38.4. The van der Waals surface area contributed by atoms with E-state index in [-0.39, 0.29) is 0 Å². The minimum Gasteiger partial charge on any atom is -0.310 e. The van der Waals surface area contributed by atoms with E-state index in [9.17, 15) is 0 Å². The second kappa shape index (κ2) is 32.0. The number of hydrogen-bond donors (Lipinski definition) is 0. The smallest absolute Gasteiger partial charge is 0.0468 e. The minimum absolute atomic E-state index is 1.09. The van der Waals surface area contributed by atoms with Crippen LogP contribution in [0.3, 0.4) is 0 Å². The number of benzene rings is 19. The summed E-state index contributed by atoms with van der Waals surface area (Å²) in [5.41, 5.74) is 32.9. The average molecular weight is 1430 g/mol. The summed E-state index contributed by atoms with van der Waals surface area (Å²) >= 11 is 0. The highest BCUT2D eigenvalue weighted by atomic mass is 15.1. The van der Waals surface area contributed by atoms with Crippen molar-refractivity contribution in [2.45, 2.75) is 0 Å². The van der Waals surface area contributed by atoms with Crippen LogP contribution >= 0.6 is 0 Å². The Morgan fingerprint density at radius 2 is 0.295 bits per heavy atom. The van der Waals surface area contributed by atoms with E-state index >= 15 is 0 Å². The van der Waals surface area contributed by atoms with Crippen LogP contribution in [0.4, 0.5) is 34.1 Å². The second-order valence-corrected chi connectivity index (χ2v) is 28.3. The molecule has 0 saturated heterocycles. The first-order valence-electron chi connectivity index (χ1n) is 38.4. The van der Waals surface area contributed by atoms with Gasteiger partial charge in [-0.2, -0.15) is 0 Å². The van der Waals surface area contributed by atoms with Crippen LogP contribution < -0.4 is 9.80 Å². The number of nitrogens with zero attached hydrogens (tertiary/aromatic N) is 2. The van der Waals surface area contributed by atoms with Crippen LogP contribution in [0.25, 0.3) is 144 Å². The number of rotatable bonds is 17. The zero-order valence-electron chi connectivity index (χ0n) is 61.9. The van der Waals surface area contributed by atoms with Crippen molar-refractivity contribution in [2.75, 3.05) is 9.80 Å². The molecular formula is C110H78N2. The van der Waals surface area contributed by atoms with Crippen molar-refractivity contribution in [2.24, 2.45) is 0 Å². The lowest BCUT2D eigenvalue weighted by molar-refractivity contribution is 1.28. The molecule has 19 aromatic carbocycles. The molecule has 0 aliphatic rings. The van der Waals surface area contributed by atoms with Crippen molar-refractivity contribution in [1.82, 2.24) is 0 Å². The first-order chi connectivity index (χ1) is 55.5. The third kappa shape index (κ3) is 14.8. The largest absolute Gasteiger partial charge is 0.310 e. The Hall–Kier alpha value is -14.7. The van der Waals surface area contributed by atoms with Gasteiger partial charge in [0.25, 0.3) is 0 Å². The lowest BCUT2D eigenvalue weighted by Gasteiger charge is -2.27. The Labute approximate surface area is 656 Å². The molecule has 2 nitrogen and oxygen atoms in total. The van der Waals surface area contributed by atoms with Crippen LogP contribution in [-0.2, 0) is 0 Å². The van der Waals surface area contributed by atoms with E-state index in [1.54, 1.807) is 0 Å². The normalized spacial score (nSPS) is 11.0. The van der Waals surface area contributed by atoms with Crippen LogP contribution in [0.1, 0.15) is 0 Å². The molecule has 19 aromatic rings. The molecule has 0 atom stereocenters. The first kappa shape index (κ1) is 69.1. The average Bonchev–Trinajstić information content (AvgIpc) is 0.774. The third-order valence-electron chi connectivity index (χ3n) is 21.4. The fourth-order valence-electron chi connectivity index (χ4n) is 15.7. The lowest BCUT2D eigenvalue weighted by Crippen LogP contribution is -2.10. The van der Waals surface area contributed by atoms with Gasteiger partial charge >= 0.3 is 0 Å². The standard InChI is InChI=1S/C58H41N.C52H37N/c1-4-13-42(14-5-1)45-23-27-49(28-24-45)57-40-39-54(41-58(57)51-29-25-46(26-30-51)43-15-6-2-7-16-43)59(52-35-31-47(32-36-52)44-17-8-3-9-18-44)53-37-33-50(34-38-53)56-22-12-20-48-19-10-11-21-55(48)56;1-4-13-38(14-5-1)40-23-25-45(26-24-40)52-37-48(35-36-51(52)42-17-8-3-9-18-42)53(46-31-27-41(28-32-46)39-15-6-2-7-16-39)47-33-29-44(30-34-47)50-22-12-20-43-19-10-11-21-49(43)50/h1-41H;1-37H. The summed E-state index contributed by atoms with van der Waals surface area (Å²) < 4.78 is 0. The van der Waals surface area contributed by atoms with Gasteiger partial charge in [0.1, 0.15) is 0 Å². The van der Waals surface area contributed by atoms with Gasteiger partial charge in [-0.15, -0.1) is 0 Å². The Morgan fingerprint density at radius 3 is 0.589 bits per heavy atom. The maximum Gasteiger partial charge on any atom is 0.0468 e. The third-order valence-corrected chi connectivity index (χ3v) is 21.4. The predicted octanol–water partition coefficient (Wildman–Crippen LogP) is 31.0. The van der Waals surface area contributed by atoms with E-state index in [1.165, 1.54) is 144 Å². The van der Waals surface area contributed by atoms with Gasteiger partial charge in [0.15, 0.2) is 0 Å². The summed E-state index contributed by atoms with van der Waals surface area (Å²) in [6, 6.07) is 171. The van der Waals surface area contributed by atoms with Crippen LogP contribution in [0.2, 0.25) is 0 Å². The summed E-state index contributed by atoms with van der Waals surface area (Å²) in [6.45, 7) is 0. The van der Waals surface area contributed by atoms with Gasteiger partial charge in [-0.05, 0) is 217 Å². The topological polar surface area (TPSA) is 6.48 Å². The summed E-state index contributed by atoms with van der Waals surface area (Å²) in [7, 11) is 0. The van der Waals surface area contributed by atoms with Crippen molar-refractivity contribution in [3.8, 4) is 122 Å². The summed E-state index contributed by atoms with van der Waals surface area (Å²) in [5, 5.41) is 5.01. The molecule has 0 N–H and O–H groups in total. The van der Waals surface area contributed by atoms with Crippen LogP contribution in [0.5, 0.6) is 0 Å². The summed E-state index contributed by atoms with van der Waals surface area (Å²) in [5.74, 6) is 0. The maximum absolute atomic E-state index is 2.38. The van der Waals surface area contributed by atoms with E-state index in [4.69, 9.17) is 0 Å². The van der Waals surface area contributed by atoms with E-state index in [0.717, 1.165) is 34.1 Å². The van der Waals surface area contributed by atoms with Gasteiger partial charge in [-0.25, -0.2) is 0 Å². The van der Waals surface area contributed by atoms with Crippen molar-refractivity contribution >= 4 is 55.7 Å². The van der Waals surface area contributed by atoms with Crippen molar-refractivity contribution in [3.63, 3.8) is 0 Å². The fourth-order valence-corrected chi connectivity index (χ4v) is 15.7. The van der Waals surface area contributed by atoms with Crippen molar-refractivity contribution < 1.29 is 0 Å². The second-order valence-electron chi connectivity index (χ2n) is 28.3. The molecular weight excluding hydrogens is 1350 g/mol.